The van der Waals surface area contributed by atoms with Gasteiger partial charge in [0, 0.05) is 37.9 Å². The molecule has 0 saturated carbocycles. The monoisotopic (exact) mass is 350 g/mol. The Labute approximate surface area is 142 Å². The van der Waals surface area contributed by atoms with Crippen LogP contribution >= 0.6 is 0 Å². The quantitative estimate of drug-likeness (QED) is 0.903. The van der Waals surface area contributed by atoms with Crippen LogP contribution in [0.2, 0.25) is 0 Å². The number of aromatic nitrogens is 2. The summed E-state index contributed by atoms with van der Waals surface area (Å²) in [5.41, 5.74) is -0.0546. The average molecular weight is 350 g/mol. The van der Waals surface area contributed by atoms with Gasteiger partial charge in [0.25, 0.3) is 5.91 Å². The van der Waals surface area contributed by atoms with E-state index in [0.717, 1.165) is 36.9 Å². The van der Waals surface area contributed by atoms with Crippen molar-refractivity contribution in [3.05, 3.63) is 47.8 Å². The van der Waals surface area contributed by atoms with Crippen LogP contribution in [0, 0.1) is 11.8 Å². The molecule has 0 unspecified atom stereocenters. The van der Waals surface area contributed by atoms with E-state index in [9.17, 15) is 18.0 Å². The van der Waals surface area contributed by atoms with Gasteiger partial charge in [-0.05, 0) is 36.1 Å². The van der Waals surface area contributed by atoms with Crippen LogP contribution < -0.4 is 5.32 Å². The summed E-state index contributed by atoms with van der Waals surface area (Å²) in [7, 11) is 0. The molecule has 0 radical (unpaired) electrons. The average Bonchev–Trinajstić information content (AvgIpc) is 3.28. The molecule has 2 saturated heterocycles. The minimum absolute atomic E-state index is 0.0838. The summed E-state index contributed by atoms with van der Waals surface area (Å²) >= 11 is 0. The smallest absolute Gasteiger partial charge is 0.338 e. The molecule has 2 aromatic rings. The maximum Gasteiger partial charge on any atom is 0.435 e. The number of hydrogen-bond acceptors (Lipinski definition) is 3. The third-order valence-corrected chi connectivity index (χ3v) is 4.91. The van der Waals surface area contributed by atoms with E-state index < -0.39 is 11.9 Å². The molecule has 2 atom stereocenters. The Morgan fingerprint density at radius 2 is 1.88 bits per heavy atom. The van der Waals surface area contributed by atoms with E-state index in [1.165, 1.54) is 6.20 Å². The summed E-state index contributed by atoms with van der Waals surface area (Å²) in [6.45, 7) is 3.31. The molecule has 5 nitrogen and oxygen atoms in total. The highest BCUT2D eigenvalue weighted by molar-refractivity contribution is 5.95. The first-order chi connectivity index (χ1) is 11.9. The Bertz CT molecular complexity index is 789. The van der Waals surface area contributed by atoms with Gasteiger partial charge in [0.05, 0.1) is 5.69 Å². The van der Waals surface area contributed by atoms with Gasteiger partial charge in [0.1, 0.15) is 0 Å². The first-order valence-corrected chi connectivity index (χ1v) is 8.15. The molecular weight excluding hydrogens is 333 g/mol. The topological polar surface area (TPSA) is 50.2 Å². The minimum atomic E-state index is -4.49. The number of rotatable bonds is 2. The molecule has 2 aliphatic heterocycles. The molecule has 3 heterocycles. The van der Waals surface area contributed by atoms with Crippen molar-refractivity contribution in [2.24, 2.45) is 11.8 Å². The molecule has 0 aliphatic carbocycles. The number of fused-ring (bicyclic) bond motifs is 1. The summed E-state index contributed by atoms with van der Waals surface area (Å²) in [6.07, 6.45) is -3.24. The Morgan fingerprint density at radius 3 is 2.52 bits per heavy atom. The number of amides is 1. The lowest BCUT2D eigenvalue weighted by atomic mass is 10.0. The van der Waals surface area contributed by atoms with Gasteiger partial charge in [0.2, 0.25) is 0 Å². The van der Waals surface area contributed by atoms with Crippen LogP contribution in [0.1, 0.15) is 16.1 Å². The third kappa shape index (κ3) is 3.02. The lowest BCUT2D eigenvalue weighted by molar-refractivity contribution is -0.141. The van der Waals surface area contributed by atoms with Gasteiger partial charge in [-0.2, -0.15) is 18.3 Å². The molecule has 0 spiro atoms. The van der Waals surface area contributed by atoms with E-state index in [1.54, 1.807) is 24.3 Å². The van der Waals surface area contributed by atoms with Gasteiger partial charge in [-0.3, -0.25) is 4.79 Å². The predicted octanol–water partition coefficient (Wildman–Crippen LogP) is 2.18. The van der Waals surface area contributed by atoms with Crippen molar-refractivity contribution in [3.8, 4) is 5.69 Å². The summed E-state index contributed by atoms with van der Waals surface area (Å²) < 4.78 is 39.2. The number of nitrogens with one attached hydrogen (secondary N) is 1. The van der Waals surface area contributed by atoms with Crippen LogP contribution in [0.3, 0.4) is 0 Å². The number of carbonyl (C=O) groups excluding carboxylic acids is 1. The van der Waals surface area contributed by atoms with Crippen molar-refractivity contribution < 1.29 is 18.0 Å². The van der Waals surface area contributed by atoms with Gasteiger partial charge >= 0.3 is 6.18 Å². The van der Waals surface area contributed by atoms with E-state index in [0.29, 0.717) is 23.1 Å². The van der Waals surface area contributed by atoms with E-state index in [-0.39, 0.29) is 5.91 Å². The van der Waals surface area contributed by atoms with Crippen molar-refractivity contribution in [3.63, 3.8) is 0 Å². The van der Waals surface area contributed by atoms with Crippen LogP contribution in [0.5, 0.6) is 0 Å². The lowest BCUT2D eigenvalue weighted by Gasteiger charge is -2.18. The Morgan fingerprint density at radius 1 is 1.16 bits per heavy atom. The van der Waals surface area contributed by atoms with Crippen molar-refractivity contribution in [2.75, 3.05) is 26.2 Å². The zero-order chi connectivity index (χ0) is 17.6. The minimum Gasteiger partial charge on any atom is -0.338 e. The Balaban J connectivity index is 1.55. The molecule has 25 heavy (non-hydrogen) atoms. The second-order valence-electron chi connectivity index (χ2n) is 6.58. The van der Waals surface area contributed by atoms with E-state index >= 15 is 0 Å². The zero-order valence-electron chi connectivity index (χ0n) is 13.3. The molecule has 4 rings (SSSR count). The van der Waals surface area contributed by atoms with Crippen molar-refractivity contribution in [1.82, 2.24) is 20.0 Å². The standard InChI is InChI=1S/C17H17F3N4O/c18-17(19,20)15-4-5-24(22-15)14-3-1-2-11(6-14)16(25)23-9-12-7-21-8-13(12)10-23/h1-6,12-13,21H,7-10H2/t12-,13+. The Kier molecular flexibility index (Phi) is 3.79. The highest BCUT2D eigenvalue weighted by atomic mass is 19.4. The summed E-state index contributed by atoms with van der Waals surface area (Å²) in [6, 6.07) is 7.49. The van der Waals surface area contributed by atoms with Crippen LogP contribution in [0.4, 0.5) is 13.2 Å². The molecule has 2 aliphatic rings. The van der Waals surface area contributed by atoms with Gasteiger partial charge in [-0.25, -0.2) is 4.68 Å². The molecule has 1 amide bonds. The molecule has 0 bridgehead atoms. The fourth-order valence-corrected chi connectivity index (χ4v) is 3.60. The van der Waals surface area contributed by atoms with E-state index in [2.05, 4.69) is 10.4 Å². The molecule has 8 heteroatoms. The van der Waals surface area contributed by atoms with Crippen LogP contribution in [0.15, 0.2) is 36.5 Å². The SMILES string of the molecule is O=C(c1cccc(-n2ccc(C(F)(F)F)n2)c1)N1C[C@H]2CNC[C@H]2C1. The number of benzene rings is 1. The highest BCUT2D eigenvalue weighted by Gasteiger charge is 2.38. The highest BCUT2D eigenvalue weighted by Crippen LogP contribution is 2.29. The second-order valence-corrected chi connectivity index (χ2v) is 6.58. The maximum atomic E-state index is 12.7. The molecule has 2 fully saturated rings. The van der Waals surface area contributed by atoms with Crippen LogP contribution in [0.25, 0.3) is 5.69 Å². The lowest BCUT2D eigenvalue weighted by Crippen LogP contribution is -2.31. The number of carbonyl (C=O) groups is 1. The van der Waals surface area contributed by atoms with Gasteiger partial charge < -0.3 is 10.2 Å². The van der Waals surface area contributed by atoms with Gasteiger partial charge in [-0.1, -0.05) is 6.07 Å². The normalized spacial score (nSPS) is 23.1. The summed E-state index contributed by atoms with van der Waals surface area (Å²) in [5.74, 6) is 0.902. The number of hydrogen-bond donors (Lipinski definition) is 1. The van der Waals surface area contributed by atoms with Gasteiger partial charge in [-0.15, -0.1) is 0 Å². The molecule has 1 N–H and O–H groups in total. The van der Waals surface area contributed by atoms with Crippen LogP contribution in [-0.4, -0.2) is 46.8 Å². The number of halogens is 3. The van der Waals surface area contributed by atoms with Crippen LogP contribution in [-0.2, 0) is 6.18 Å². The fourth-order valence-electron chi connectivity index (χ4n) is 3.60. The van der Waals surface area contributed by atoms with Gasteiger partial charge in [0.15, 0.2) is 5.69 Å². The number of alkyl halides is 3. The van der Waals surface area contributed by atoms with Crippen molar-refractivity contribution >= 4 is 5.91 Å². The molecule has 1 aromatic carbocycles. The van der Waals surface area contributed by atoms with Crippen molar-refractivity contribution in [2.45, 2.75) is 6.18 Å². The number of likely N-dealkylation sites (tertiary alicyclic amines) is 1. The third-order valence-electron chi connectivity index (χ3n) is 4.91. The number of nitrogens with zero attached hydrogens (tertiary/aromatic N) is 3. The zero-order valence-corrected chi connectivity index (χ0v) is 13.3. The van der Waals surface area contributed by atoms with Crippen molar-refractivity contribution in [1.29, 1.82) is 0 Å². The first kappa shape index (κ1) is 16.1. The predicted molar refractivity (Wildman–Crippen MR) is 84.3 cm³/mol. The molecular formula is C17H17F3N4O. The second kappa shape index (κ2) is 5.87. The van der Waals surface area contributed by atoms with E-state index in [1.807, 2.05) is 4.90 Å². The maximum absolute atomic E-state index is 12.7. The molecule has 132 valence electrons. The largest absolute Gasteiger partial charge is 0.435 e. The molecule has 1 aromatic heterocycles. The fraction of sp³-hybridized carbons (Fsp3) is 0.412. The first-order valence-electron chi connectivity index (χ1n) is 8.15. The van der Waals surface area contributed by atoms with E-state index in [4.69, 9.17) is 0 Å². The summed E-state index contributed by atoms with van der Waals surface area (Å²) in [5, 5.41) is 6.88. The summed E-state index contributed by atoms with van der Waals surface area (Å²) in [4.78, 5) is 14.6. The Hall–Kier alpha value is -2.35.